The van der Waals surface area contributed by atoms with Crippen molar-refractivity contribution in [2.45, 2.75) is 20.0 Å². The Balaban J connectivity index is 1.51. The van der Waals surface area contributed by atoms with E-state index < -0.39 is 35.3 Å². The van der Waals surface area contributed by atoms with Gasteiger partial charge in [-0.15, -0.1) is 0 Å². The summed E-state index contributed by atoms with van der Waals surface area (Å²) in [4.78, 5) is 38.7. The number of aromatic nitrogens is 1. The quantitative estimate of drug-likeness (QED) is 0.264. The molecule has 1 N–H and O–H groups in total. The lowest BCUT2D eigenvalue weighted by atomic mass is 10.2. The van der Waals surface area contributed by atoms with Crippen LogP contribution >= 0.6 is 34.4 Å². The second-order valence-corrected chi connectivity index (χ2v) is 10.3. The lowest BCUT2D eigenvalue weighted by molar-refractivity contribution is -0.137. The van der Waals surface area contributed by atoms with Gasteiger partial charge in [-0.2, -0.15) is 13.2 Å². The van der Waals surface area contributed by atoms with Crippen LogP contribution in [0.4, 0.5) is 23.7 Å². The predicted octanol–water partition coefficient (Wildman–Crippen LogP) is 6.39. The minimum Gasteiger partial charge on any atom is -0.325 e. The lowest BCUT2D eigenvalue weighted by Gasteiger charge is -2.13. The largest absolute Gasteiger partial charge is 0.416 e. The lowest BCUT2D eigenvalue weighted by Crippen LogP contribution is -2.36. The summed E-state index contributed by atoms with van der Waals surface area (Å²) in [6.07, 6.45) is -2.95. The van der Waals surface area contributed by atoms with E-state index in [1.54, 1.807) is 6.08 Å². The van der Waals surface area contributed by atoms with Gasteiger partial charge in [0, 0.05) is 26.3 Å². The maximum absolute atomic E-state index is 12.9. The molecule has 3 aromatic rings. The number of halogens is 4. The third kappa shape index (κ3) is 5.51. The average molecular weight is 625 g/mol. The van der Waals surface area contributed by atoms with E-state index in [1.165, 1.54) is 6.07 Å². The SMILES string of the molecule is Cc1cc(/C=C2\SC(=O)N(CC(=O)Nc3cccc(C(F)(F)F)c3)C2=O)c(C)n1-c1cccc(I)c1. The van der Waals surface area contributed by atoms with Crippen LogP contribution in [-0.2, 0) is 15.8 Å². The summed E-state index contributed by atoms with van der Waals surface area (Å²) in [5, 5.41) is 1.68. The molecule has 4 rings (SSSR count). The van der Waals surface area contributed by atoms with Crippen molar-refractivity contribution in [2.24, 2.45) is 0 Å². The fraction of sp³-hybridized carbons (Fsp3) is 0.160. The zero-order chi connectivity index (χ0) is 26.2. The monoisotopic (exact) mass is 625 g/mol. The molecule has 0 aliphatic carbocycles. The molecular weight excluding hydrogens is 606 g/mol. The molecule has 0 radical (unpaired) electrons. The molecule has 0 bridgehead atoms. The fourth-order valence-corrected chi connectivity index (χ4v) is 5.20. The zero-order valence-electron chi connectivity index (χ0n) is 19.0. The number of nitrogens with zero attached hydrogens (tertiary/aromatic N) is 2. The van der Waals surface area contributed by atoms with Crippen molar-refractivity contribution in [2.75, 3.05) is 11.9 Å². The molecule has 1 aromatic heterocycles. The first-order chi connectivity index (χ1) is 16.9. The van der Waals surface area contributed by atoms with Gasteiger partial charge in [-0.1, -0.05) is 12.1 Å². The number of benzene rings is 2. The van der Waals surface area contributed by atoms with E-state index in [0.717, 1.165) is 49.3 Å². The summed E-state index contributed by atoms with van der Waals surface area (Å²) in [5.41, 5.74) is 2.54. The molecule has 0 spiro atoms. The van der Waals surface area contributed by atoms with Crippen LogP contribution in [-0.4, -0.2) is 33.1 Å². The number of nitrogens with one attached hydrogen (secondary N) is 1. The molecule has 0 unspecified atom stereocenters. The van der Waals surface area contributed by atoms with Crippen LogP contribution in [0.1, 0.15) is 22.5 Å². The minimum atomic E-state index is -4.56. The molecule has 1 saturated heterocycles. The first-order valence-electron chi connectivity index (χ1n) is 10.6. The number of carbonyl (C=O) groups is 3. The summed E-state index contributed by atoms with van der Waals surface area (Å²) >= 11 is 2.94. The first-order valence-corrected chi connectivity index (χ1v) is 12.5. The highest BCUT2D eigenvalue weighted by molar-refractivity contribution is 14.1. The molecule has 1 aliphatic rings. The summed E-state index contributed by atoms with van der Waals surface area (Å²) in [6.45, 7) is 3.24. The van der Waals surface area contributed by atoms with E-state index >= 15 is 0 Å². The van der Waals surface area contributed by atoms with Crippen LogP contribution in [0.25, 0.3) is 11.8 Å². The number of thioether (sulfide) groups is 1. The van der Waals surface area contributed by atoms with E-state index in [1.807, 2.05) is 48.7 Å². The fourth-order valence-electron chi connectivity index (χ4n) is 3.84. The number of anilines is 1. The Bertz CT molecular complexity index is 1420. The molecule has 11 heteroatoms. The van der Waals surface area contributed by atoms with Crippen LogP contribution < -0.4 is 5.32 Å². The number of alkyl halides is 3. The van der Waals surface area contributed by atoms with E-state index in [2.05, 4.69) is 27.9 Å². The molecule has 3 amide bonds. The van der Waals surface area contributed by atoms with Crippen LogP contribution in [0.2, 0.25) is 0 Å². The van der Waals surface area contributed by atoms with Gasteiger partial charge in [-0.25, -0.2) is 0 Å². The van der Waals surface area contributed by atoms with Crippen molar-refractivity contribution in [1.82, 2.24) is 9.47 Å². The van der Waals surface area contributed by atoms with Crippen LogP contribution in [0, 0.1) is 17.4 Å². The Morgan fingerprint density at radius 2 is 1.81 bits per heavy atom. The summed E-state index contributed by atoms with van der Waals surface area (Å²) in [6, 6.07) is 14.0. The minimum absolute atomic E-state index is 0.0830. The molecule has 2 aromatic carbocycles. The molecule has 1 aliphatic heterocycles. The van der Waals surface area contributed by atoms with Crippen molar-refractivity contribution in [3.8, 4) is 5.69 Å². The van der Waals surface area contributed by atoms with E-state index in [9.17, 15) is 27.6 Å². The molecule has 0 saturated carbocycles. The summed E-state index contributed by atoms with van der Waals surface area (Å²) < 4.78 is 41.8. The van der Waals surface area contributed by atoms with Gasteiger partial charge < -0.3 is 9.88 Å². The molecule has 36 heavy (non-hydrogen) atoms. The maximum Gasteiger partial charge on any atom is 0.416 e. The van der Waals surface area contributed by atoms with Crippen LogP contribution in [0.5, 0.6) is 0 Å². The van der Waals surface area contributed by atoms with Gasteiger partial charge in [0.2, 0.25) is 5.91 Å². The number of hydrogen-bond acceptors (Lipinski definition) is 4. The van der Waals surface area contributed by atoms with Crippen LogP contribution in [0.3, 0.4) is 0 Å². The third-order valence-corrected chi connectivity index (χ3v) is 7.05. The van der Waals surface area contributed by atoms with Crippen molar-refractivity contribution in [3.63, 3.8) is 0 Å². The summed E-state index contributed by atoms with van der Waals surface area (Å²) in [5.74, 6) is -1.42. The Morgan fingerprint density at radius 1 is 1.08 bits per heavy atom. The number of imide groups is 1. The number of hydrogen-bond donors (Lipinski definition) is 1. The number of rotatable bonds is 5. The van der Waals surface area contributed by atoms with Gasteiger partial charge in [0.05, 0.1) is 10.5 Å². The molecule has 2 heterocycles. The van der Waals surface area contributed by atoms with Crippen molar-refractivity contribution in [1.29, 1.82) is 0 Å². The standard InChI is InChI=1S/C25H19F3IN3O3S/c1-14-9-16(15(2)32(14)20-8-4-6-18(29)12-20)10-21-23(34)31(24(35)36-21)13-22(33)30-19-7-3-5-17(11-19)25(26,27)28/h3-12H,13H2,1-2H3,(H,30,33)/b21-10-. The normalized spacial score (nSPS) is 15.2. The third-order valence-electron chi connectivity index (χ3n) is 5.47. The Kier molecular flexibility index (Phi) is 7.32. The molecular formula is C25H19F3IN3O3S. The number of amides is 3. The van der Waals surface area contributed by atoms with Crippen molar-refractivity contribution >= 4 is 63.2 Å². The van der Waals surface area contributed by atoms with E-state index in [0.29, 0.717) is 11.8 Å². The summed E-state index contributed by atoms with van der Waals surface area (Å²) in [7, 11) is 0. The topological polar surface area (TPSA) is 71.4 Å². The van der Waals surface area contributed by atoms with Gasteiger partial charge in [-0.05, 0) is 102 Å². The number of carbonyl (C=O) groups excluding carboxylic acids is 3. The van der Waals surface area contributed by atoms with Crippen molar-refractivity contribution < 1.29 is 27.6 Å². The highest BCUT2D eigenvalue weighted by Crippen LogP contribution is 2.34. The highest BCUT2D eigenvalue weighted by atomic mass is 127. The molecule has 0 atom stereocenters. The number of aryl methyl sites for hydroxylation is 1. The smallest absolute Gasteiger partial charge is 0.325 e. The first kappa shape index (κ1) is 26.0. The molecule has 1 fully saturated rings. The van der Waals surface area contributed by atoms with Gasteiger partial charge in [-0.3, -0.25) is 19.3 Å². The van der Waals surface area contributed by atoms with Gasteiger partial charge in [0.15, 0.2) is 0 Å². The van der Waals surface area contributed by atoms with E-state index in [-0.39, 0.29) is 10.6 Å². The second-order valence-electron chi connectivity index (χ2n) is 8.04. The average Bonchev–Trinajstić information content (AvgIpc) is 3.22. The molecule has 186 valence electrons. The second kappa shape index (κ2) is 10.1. The zero-order valence-corrected chi connectivity index (χ0v) is 22.0. The van der Waals surface area contributed by atoms with Gasteiger partial charge in [0.1, 0.15) is 6.54 Å². The van der Waals surface area contributed by atoms with Gasteiger partial charge >= 0.3 is 6.18 Å². The predicted molar refractivity (Wildman–Crippen MR) is 141 cm³/mol. The van der Waals surface area contributed by atoms with E-state index in [4.69, 9.17) is 0 Å². The highest BCUT2D eigenvalue weighted by Gasteiger charge is 2.37. The Hall–Kier alpha value is -3.06. The maximum atomic E-state index is 12.9. The van der Waals surface area contributed by atoms with Crippen molar-refractivity contribution in [3.05, 3.63) is 85.6 Å². The Labute approximate surface area is 222 Å². The molecule has 6 nitrogen and oxygen atoms in total. The van der Waals surface area contributed by atoms with Gasteiger partial charge in [0.25, 0.3) is 11.1 Å². The van der Waals surface area contributed by atoms with Crippen LogP contribution in [0.15, 0.2) is 59.5 Å². The Morgan fingerprint density at radius 3 is 2.50 bits per heavy atom.